The van der Waals surface area contributed by atoms with E-state index in [1.807, 2.05) is 13.8 Å². The van der Waals surface area contributed by atoms with Crippen LogP contribution in [0.3, 0.4) is 0 Å². The molecule has 0 aromatic heterocycles. The third-order valence-corrected chi connectivity index (χ3v) is 5.28. The standard InChI is InChI=1S/C18H25ClFNO3S/c1-5-7-8-24-18(23)15(6-2)25-16-10-14(13(20)9-12(16)19)21-17(22)11(3)4/h9-11,15H,5-8H2,1-4H3,(H,21,22). The van der Waals surface area contributed by atoms with Crippen LogP contribution in [0, 0.1) is 11.7 Å². The van der Waals surface area contributed by atoms with Gasteiger partial charge in [0.15, 0.2) is 0 Å². The molecule has 1 aromatic carbocycles. The normalized spacial score (nSPS) is 12.1. The second kappa shape index (κ2) is 10.7. The molecule has 1 aromatic rings. The topological polar surface area (TPSA) is 55.4 Å². The summed E-state index contributed by atoms with van der Waals surface area (Å²) in [5.41, 5.74) is 0.0554. The predicted molar refractivity (Wildman–Crippen MR) is 101 cm³/mol. The SMILES string of the molecule is CCCCOC(=O)C(CC)Sc1cc(NC(=O)C(C)C)c(F)cc1Cl. The van der Waals surface area contributed by atoms with Crippen molar-refractivity contribution in [3.8, 4) is 0 Å². The molecule has 0 spiro atoms. The Morgan fingerprint density at radius 1 is 1.32 bits per heavy atom. The van der Waals surface area contributed by atoms with Crippen molar-refractivity contribution in [3.05, 3.63) is 23.0 Å². The number of anilines is 1. The maximum atomic E-state index is 14.0. The van der Waals surface area contributed by atoms with Crippen LogP contribution in [-0.4, -0.2) is 23.7 Å². The van der Waals surface area contributed by atoms with E-state index < -0.39 is 11.1 Å². The van der Waals surface area contributed by atoms with Gasteiger partial charge in [0.05, 0.1) is 17.3 Å². The summed E-state index contributed by atoms with van der Waals surface area (Å²) in [5, 5.41) is 2.30. The molecule has 0 heterocycles. The minimum Gasteiger partial charge on any atom is -0.465 e. The van der Waals surface area contributed by atoms with Crippen LogP contribution < -0.4 is 5.32 Å². The molecule has 7 heteroatoms. The van der Waals surface area contributed by atoms with Gasteiger partial charge in [0, 0.05) is 10.8 Å². The third kappa shape index (κ3) is 6.86. The van der Waals surface area contributed by atoms with Gasteiger partial charge in [0.1, 0.15) is 11.1 Å². The number of hydrogen-bond donors (Lipinski definition) is 1. The van der Waals surface area contributed by atoms with Crippen molar-refractivity contribution in [2.24, 2.45) is 5.92 Å². The van der Waals surface area contributed by atoms with Crippen molar-refractivity contribution < 1.29 is 18.7 Å². The summed E-state index contributed by atoms with van der Waals surface area (Å²) in [6.45, 7) is 7.72. The number of carbonyl (C=O) groups excluding carboxylic acids is 2. The number of carbonyl (C=O) groups is 2. The molecule has 0 saturated carbocycles. The smallest absolute Gasteiger partial charge is 0.319 e. The van der Waals surface area contributed by atoms with Gasteiger partial charge < -0.3 is 10.1 Å². The van der Waals surface area contributed by atoms with E-state index in [0.29, 0.717) is 17.9 Å². The van der Waals surface area contributed by atoms with Gasteiger partial charge in [0.2, 0.25) is 5.91 Å². The highest BCUT2D eigenvalue weighted by Gasteiger charge is 2.22. The highest BCUT2D eigenvalue weighted by atomic mass is 35.5. The minimum atomic E-state index is -0.609. The molecule has 1 atom stereocenters. The molecule has 0 aliphatic heterocycles. The summed E-state index contributed by atoms with van der Waals surface area (Å²) in [6.07, 6.45) is 2.31. The molecule has 1 rings (SSSR count). The molecule has 1 unspecified atom stereocenters. The van der Waals surface area contributed by atoms with E-state index in [4.69, 9.17) is 16.3 Å². The summed E-state index contributed by atoms with van der Waals surface area (Å²) in [7, 11) is 0. The molecule has 25 heavy (non-hydrogen) atoms. The fourth-order valence-corrected chi connectivity index (χ4v) is 3.13. The van der Waals surface area contributed by atoms with E-state index in [-0.39, 0.29) is 28.5 Å². The number of ether oxygens (including phenoxy) is 1. The lowest BCUT2D eigenvalue weighted by Crippen LogP contribution is -2.20. The molecule has 4 nitrogen and oxygen atoms in total. The van der Waals surface area contributed by atoms with Crippen LogP contribution in [0.25, 0.3) is 0 Å². The zero-order valence-corrected chi connectivity index (χ0v) is 16.6. The fourth-order valence-electron chi connectivity index (χ4n) is 1.85. The number of rotatable bonds is 9. The molecular formula is C18H25ClFNO3S. The second-order valence-electron chi connectivity index (χ2n) is 5.94. The number of benzene rings is 1. The first-order valence-corrected chi connectivity index (χ1v) is 9.69. The van der Waals surface area contributed by atoms with Gasteiger partial charge >= 0.3 is 5.97 Å². The largest absolute Gasteiger partial charge is 0.465 e. The Labute approximate surface area is 157 Å². The average molecular weight is 390 g/mol. The Bertz CT molecular complexity index is 610. The van der Waals surface area contributed by atoms with Crippen LogP contribution in [-0.2, 0) is 14.3 Å². The summed E-state index contributed by atoms with van der Waals surface area (Å²) >= 11 is 7.32. The van der Waals surface area contributed by atoms with Gasteiger partial charge in [-0.3, -0.25) is 9.59 Å². The molecule has 0 fully saturated rings. The van der Waals surface area contributed by atoms with Gasteiger partial charge in [-0.05, 0) is 25.0 Å². The number of halogens is 2. The summed E-state index contributed by atoms with van der Waals surface area (Å²) < 4.78 is 19.3. The molecule has 0 radical (unpaired) electrons. The van der Waals surface area contributed by atoms with Gasteiger partial charge in [-0.1, -0.05) is 45.7 Å². The number of esters is 1. The predicted octanol–water partition coefficient (Wildman–Crippen LogP) is 5.29. The van der Waals surface area contributed by atoms with Crippen molar-refractivity contribution in [2.75, 3.05) is 11.9 Å². The lowest BCUT2D eigenvalue weighted by Gasteiger charge is -2.16. The first-order valence-electron chi connectivity index (χ1n) is 8.43. The third-order valence-electron chi connectivity index (χ3n) is 3.45. The molecular weight excluding hydrogens is 365 g/mol. The second-order valence-corrected chi connectivity index (χ2v) is 7.59. The van der Waals surface area contributed by atoms with Crippen molar-refractivity contribution in [3.63, 3.8) is 0 Å². The number of hydrogen-bond acceptors (Lipinski definition) is 4. The first kappa shape index (κ1) is 21.8. The zero-order chi connectivity index (χ0) is 19.0. The van der Waals surface area contributed by atoms with E-state index in [2.05, 4.69) is 5.32 Å². The van der Waals surface area contributed by atoms with E-state index in [0.717, 1.165) is 18.9 Å². The van der Waals surface area contributed by atoms with Crippen LogP contribution in [0.1, 0.15) is 47.0 Å². The Hall–Kier alpha value is -1.27. The van der Waals surface area contributed by atoms with Crippen molar-refractivity contribution >= 4 is 40.9 Å². The monoisotopic (exact) mass is 389 g/mol. The van der Waals surface area contributed by atoms with Crippen molar-refractivity contribution in [1.82, 2.24) is 0 Å². The summed E-state index contributed by atoms with van der Waals surface area (Å²) in [5.74, 6) is -1.48. The molecule has 0 aliphatic carbocycles. The summed E-state index contributed by atoms with van der Waals surface area (Å²) in [6, 6.07) is 2.61. The highest BCUT2D eigenvalue weighted by Crippen LogP contribution is 2.36. The quantitative estimate of drug-likeness (QED) is 0.354. The Balaban J connectivity index is 2.91. The first-order chi connectivity index (χ1) is 11.8. The van der Waals surface area contributed by atoms with Crippen molar-refractivity contribution in [1.29, 1.82) is 0 Å². The van der Waals surface area contributed by atoms with Crippen LogP contribution in [0.2, 0.25) is 5.02 Å². The number of thioether (sulfide) groups is 1. The van der Waals surface area contributed by atoms with Crippen molar-refractivity contribution in [2.45, 2.75) is 57.1 Å². The van der Waals surface area contributed by atoms with E-state index >= 15 is 0 Å². The number of nitrogens with one attached hydrogen (secondary N) is 1. The highest BCUT2D eigenvalue weighted by molar-refractivity contribution is 8.00. The van der Waals surface area contributed by atoms with Gasteiger partial charge in [0.25, 0.3) is 0 Å². The molecule has 0 saturated heterocycles. The molecule has 0 bridgehead atoms. The molecule has 140 valence electrons. The Morgan fingerprint density at radius 2 is 2.00 bits per heavy atom. The number of unbranched alkanes of at least 4 members (excludes halogenated alkanes) is 1. The van der Waals surface area contributed by atoms with E-state index in [1.54, 1.807) is 13.8 Å². The van der Waals surface area contributed by atoms with Crippen LogP contribution in [0.5, 0.6) is 0 Å². The fraction of sp³-hybridized carbons (Fsp3) is 0.556. The maximum Gasteiger partial charge on any atom is 0.319 e. The van der Waals surface area contributed by atoms with E-state index in [9.17, 15) is 14.0 Å². The zero-order valence-electron chi connectivity index (χ0n) is 15.0. The molecule has 1 N–H and O–H groups in total. The van der Waals surface area contributed by atoms with E-state index in [1.165, 1.54) is 17.8 Å². The van der Waals surface area contributed by atoms with Crippen LogP contribution in [0.4, 0.5) is 10.1 Å². The van der Waals surface area contributed by atoms with Crippen LogP contribution >= 0.6 is 23.4 Å². The number of amides is 1. The lowest BCUT2D eigenvalue weighted by atomic mass is 10.2. The van der Waals surface area contributed by atoms with Gasteiger partial charge in [-0.2, -0.15) is 0 Å². The molecule has 0 aliphatic rings. The van der Waals surface area contributed by atoms with Gasteiger partial charge in [-0.25, -0.2) is 4.39 Å². The maximum absolute atomic E-state index is 14.0. The van der Waals surface area contributed by atoms with Crippen LogP contribution in [0.15, 0.2) is 17.0 Å². The van der Waals surface area contributed by atoms with Gasteiger partial charge in [-0.15, -0.1) is 11.8 Å². The summed E-state index contributed by atoms with van der Waals surface area (Å²) in [4.78, 5) is 24.5. The lowest BCUT2D eigenvalue weighted by molar-refractivity contribution is -0.143. The average Bonchev–Trinajstić information content (AvgIpc) is 2.56. The minimum absolute atomic E-state index is 0.0554. The Morgan fingerprint density at radius 3 is 2.56 bits per heavy atom. The Kier molecular flexibility index (Phi) is 9.28. The molecule has 1 amide bonds.